The molecule has 0 atom stereocenters. The molecule has 1 heterocycles. The largest absolute Gasteiger partial charge is 0.504 e. The smallest absolute Gasteiger partial charge is 0.292 e. The van der Waals surface area contributed by atoms with Crippen molar-refractivity contribution in [2.45, 2.75) is 6.54 Å². The van der Waals surface area contributed by atoms with E-state index in [1.807, 2.05) is 30.3 Å². The number of aromatic nitrogens is 2. The van der Waals surface area contributed by atoms with E-state index >= 15 is 0 Å². The average molecular weight is 428 g/mol. The Kier molecular flexibility index (Phi) is 5.94. The standard InChI is InChI=1S/C24H20N4O4/c1-32-20-13-7-10-17(22(20)29)14-25-26-23(30)21-18-11-5-6-12-19(18)24(31)28(27-21)15-16-8-3-2-4-9-16/h2-14,29H,15H2,1H3,(H,26,30)/b25-14-. The molecule has 1 amide bonds. The van der Waals surface area contributed by atoms with E-state index in [9.17, 15) is 14.7 Å². The van der Waals surface area contributed by atoms with Gasteiger partial charge in [-0.3, -0.25) is 9.59 Å². The zero-order chi connectivity index (χ0) is 22.5. The molecular formula is C24H20N4O4. The molecule has 4 aromatic rings. The van der Waals surface area contributed by atoms with Gasteiger partial charge in [0.2, 0.25) is 0 Å². The van der Waals surface area contributed by atoms with E-state index in [0.717, 1.165) is 5.56 Å². The maximum absolute atomic E-state index is 12.9. The summed E-state index contributed by atoms with van der Waals surface area (Å²) in [7, 11) is 1.44. The molecule has 0 saturated heterocycles. The average Bonchev–Trinajstić information content (AvgIpc) is 2.82. The molecule has 8 nitrogen and oxygen atoms in total. The number of ether oxygens (including phenoxy) is 1. The number of hydrogen-bond donors (Lipinski definition) is 2. The van der Waals surface area contributed by atoms with Crippen LogP contribution in [0.2, 0.25) is 0 Å². The Morgan fingerprint density at radius 1 is 1.06 bits per heavy atom. The van der Waals surface area contributed by atoms with Gasteiger partial charge in [-0.25, -0.2) is 10.1 Å². The third-order valence-electron chi connectivity index (χ3n) is 4.88. The zero-order valence-electron chi connectivity index (χ0n) is 17.2. The van der Waals surface area contributed by atoms with Gasteiger partial charge < -0.3 is 9.84 Å². The minimum Gasteiger partial charge on any atom is -0.504 e. The fourth-order valence-electron chi connectivity index (χ4n) is 3.29. The van der Waals surface area contributed by atoms with Crippen molar-refractivity contribution in [2.24, 2.45) is 5.10 Å². The fourth-order valence-corrected chi connectivity index (χ4v) is 3.29. The fraction of sp³-hybridized carbons (Fsp3) is 0.0833. The summed E-state index contributed by atoms with van der Waals surface area (Å²) in [6.07, 6.45) is 1.30. The third kappa shape index (κ3) is 4.20. The number of nitrogens with one attached hydrogen (secondary N) is 1. The molecule has 0 spiro atoms. The van der Waals surface area contributed by atoms with Gasteiger partial charge in [-0.2, -0.15) is 10.2 Å². The van der Waals surface area contributed by atoms with E-state index in [0.29, 0.717) is 22.1 Å². The Morgan fingerprint density at radius 2 is 1.78 bits per heavy atom. The predicted octanol–water partition coefficient (Wildman–Crippen LogP) is 2.92. The summed E-state index contributed by atoms with van der Waals surface area (Å²) < 4.78 is 6.33. The second kappa shape index (κ2) is 9.13. The minimum atomic E-state index is -0.582. The number of hydrazone groups is 1. The Bertz CT molecular complexity index is 1360. The highest BCUT2D eigenvalue weighted by atomic mass is 16.5. The van der Waals surface area contributed by atoms with Crippen LogP contribution in [0, 0.1) is 0 Å². The molecule has 8 heteroatoms. The number of amides is 1. The van der Waals surface area contributed by atoms with Crippen molar-refractivity contribution < 1.29 is 14.6 Å². The van der Waals surface area contributed by atoms with Crippen molar-refractivity contribution in [3.05, 3.63) is 100.0 Å². The van der Waals surface area contributed by atoms with Crippen LogP contribution in [0.1, 0.15) is 21.6 Å². The first-order valence-electron chi connectivity index (χ1n) is 9.81. The first-order valence-corrected chi connectivity index (χ1v) is 9.81. The van der Waals surface area contributed by atoms with Crippen LogP contribution < -0.4 is 15.7 Å². The molecule has 0 aliphatic heterocycles. The molecule has 0 aliphatic rings. The van der Waals surface area contributed by atoms with Gasteiger partial charge in [-0.1, -0.05) is 54.6 Å². The van der Waals surface area contributed by atoms with Crippen molar-refractivity contribution in [1.82, 2.24) is 15.2 Å². The van der Waals surface area contributed by atoms with Crippen LogP contribution in [0.3, 0.4) is 0 Å². The second-order valence-corrected chi connectivity index (χ2v) is 6.94. The highest BCUT2D eigenvalue weighted by Crippen LogP contribution is 2.27. The minimum absolute atomic E-state index is 0.0724. The predicted molar refractivity (Wildman–Crippen MR) is 121 cm³/mol. The molecule has 0 unspecified atom stereocenters. The highest BCUT2D eigenvalue weighted by molar-refractivity contribution is 6.05. The number of benzene rings is 3. The number of phenolic OH excluding ortho intramolecular Hbond substituents is 1. The van der Waals surface area contributed by atoms with Crippen molar-refractivity contribution >= 4 is 22.9 Å². The van der Waals surface area contributed by atoms with Crippen molar-refractivity contribution in [1.29, 1.82) is 0 Å². The van der Waals surface area contributed by atoms with Gasteiger partial charge in [-0.05, 0) is 23.8 Å². The molecule has 2 N–H and O–H groups in total. The normalized spacial score (nSPS) is 11.0. The SMILES string of the molecule is COc1cccc(/C=N\NC(=O)c2nn(Cc3ccccc3)c(=O)c3ccccc23)c1O. The molecule has 0 saturated carbocycles. The molecule has 1 aromatic heterocycles. The zero-order valence-corrected chi connectivity index (χ0v) is 17.2. The van der Waals surface area contributed by atoms with Crippen LogP contribution in [0.15, 0.2) is 82.7 Å². The highest BCUT2D eigenvalue weighted by Gasteiger charge is 2.16. The number of fused-ring (bicyclic) bond motifs is 1. The molecule has 0 fully saturated rings. The maximum atomic E-state index is 12.9. The monoisotopic (exact) mass is 428 g/mol. The topological polar surface area (TPSA) is 106 Å². The molecule has 0 radical (unpaired) electrons. The number of para-hydroxylation sites is 1. The lowest BCUT2D eigenvalue weighted by atomic mass is 10.1. The van der Waals surface area contributed by atoms with Crippen molar-refractivity contribution in [2.75, 3.05) is 7.11 Å². The Balaban J connectivity index is 1.66. The van der Waals surface area contributed by atoms with Gasteiger partial charge >= 0.3 is 0 Å². The summed E-state index contributed by atoms with van der Waals surface area (Å²) in [4.78, 5) is 25.8. The lowest BCUT2D eigenvalue weighted by Crippen LogP contribution is -2.29. The van der Waals surface area contributed by atoms with Gasteiger partial charge in [0.25, 0.3) is 11.5 Å². The third-order valence-corrected chi connectivity index (χ3v) is 4.88. The van der Waals surface area contributed by atoms with Gasteiger partial charge in [0, 0.05) is 10.9 Å². The Morgan fingerprint density at radius 3 is 2.53 bits per heavy atom. The molecule has 0 aliphatic carbocycles. The van der Waals surface area contributed by atoms with Crippen molar-refractivity contribution in [3.63, 3.8) is 0 Å². The molecule has 3 aromatic carbocycles. The van der Waals surface area contributed by atoms with Crippen LogP contribution in [0.25, 0.3) is 10.8 Å². The first kappa shape index (κ1) is 20.8. The number of hydrogen-bond acceptors (Lipinski definition) is 6. The van der Waals surface area contributed by atoms with E-state index in [4.69, 9.17) is 4.74 Å². The number of rotatable bonds is 6. The molecule has 0 bridgehead atoms. The summed E-state index contributed by atoms with van der Waals surface area (Å²) in [5.74, 6) is -0.379. The van der Waals surface area contributed by atoms with Gasteiger partial charge in [0.1, 0.15) is 0 Å². The van der Waals surface area contributed by atoms with Crippen LogP contribution >= 0.6 is 0 Å². The Labute approximate surface area is 183 Å². The Hall–Kier alpha value is -4.46. The number of phenols is 1. The van der Waals surface area contributed by atoms with E-state index in [2.05, 4.69) is 15.6 Å². The lowest BCUT2D eigenvalue weighted by molar-refractivity contribution is 0.0949. The van der Waals surface area contributed by atoms with Gasteiger partial charge in [0.05, 0.1) is 25.3 Å². The quantitative estimate of drug-likeness (QED) is 0.363. The number of carbonyl (C=O) groups is 1. The number of nitrogens with zero attached hydrogens (tertiary/aromatic N) is 3. The van der Waals surface area contributed by atoms with Crippen LogP contribution in [-0.2, 0) is 6.54 Å². The summed E-state index contributed by atoms with van der Waals surface area (Å²) >= 11 is 0. The maximum Gasteiger partial charge on any atom is 0.292 e. The van der Waals surface area contributed by atoms with Crippen molar-refractivity contribution in [3.8, 4) is 11.5 Å². The summed E-state index contributed by atoms with van der Waals surface area (Å²) in [5, 5.41) is 19.2. The van der Waals surface area contributed by atoms with Gasteiger partial charge in [0.15, 0.2) is 17.2 Å². The van der Waals surface area contributed by atoms with Crippen LogP contribution in [0.5, 0.6) is 11.5 Å². The molecule has 4 rings (SSSR count). The van der Waals surface area contributed by atoms with E-state index < -0.39 is 5.91 Å². The first-order chi connectivity index (χ1) is 15.6. The lowest BCUT2D eigenvalue weighted by Gasteiger charge is -2.10. The number of carbonyl (C=O) groups excluding carboxylic acids is 1. The number of methoxy groups -OCH3 is 1. The molecule has 160 valence electrons. The number of aromatic hydroxyl groups is 1. The molecule has 32 heavy (non-hydrogen) atoms. The van der Waals surface area contributed by atoms with Crippen LogP contribution in [0.4, 0.5) is 0 Å². The summed E-state index contributed by atoms with van der Waals surface area (Å²) in [6, 6.07) is 21.1. The van der Waals surface area contributed by atoms with E-state index in [1.54, 1.807) is 42.5 Å². The summed E-state index contributed by atoms with van der Waals surface area (Å²) in [6.45, 7) is 0.228. The summed E-state index contributed by atoms with van der Waals surface area (Å²) in [5.41, 5.74) is 3.46. The van der Waals surface area contributed by atoms with E-state index in [-0.39, 0.29) is 23.5 Å². The van der Waals surface area contributed by atoms with Gasteiger partial charge in [-0.15, -0.1) is 0 Å². The molecular weight excluding hydrogens is 408 g/mol. The van der Waals surface area contributed by atoms with E-state index in [1.165, 1.54) is 18.0 Å². The van der Waals surface area contributed by atoms with Crippen LogP contribution in [-0.4, -0.2) is 34.1 Å². The second-order valence-electron chi connectivity index (χ2n) is 6.94.